The van der Waals surface area contributed by atoms with Gasteiger partial charge in [0.1, 0.15) is 11.4 Å². The standard InChI is InChI=1S/C16H14F2N2O2/c1-22-15-5-3-2-4-11(15)14(21)9-20-16-12(17)6-10(8-19)7-13(16)18/h2-7,14,20-21H,9H2,1H3/t14-/m1/s1. The first-order valence-electron chi connectivity index (χ1n) is 6.50. The predicted molar refractivity (Wildman–Crippen MR) is 77.5 cm³/mol. The number of para-hydroxylation sites is 1. The van der Waals surface area contributed by atoms with E-state index in [1.54, 1.807) is 30.3 Å². The van der Waals surface area contributed by atoms with Gasteiger partial charge in [0.25, 0.3) is 0 Å². The topological polar surface area (TPSA) is 65.3 Å². The molecular weight excluding hydrogens is 290 g/mol. The molecule has 0 heterocycles. The summed E-state index contributed by atoms with van der Waals surface area (Å²) in [6.07, 6.45) is -1.01. The van der Waals surface area contributed by atoms with Crippen molar-refractivity contribution < 1.29 is 18.6 Å². The molecule has 22 heavy (non-hydrogen) atoms. The molecule has 4 nitrogen and oxygen atoms in total. The van der Waals surface area contributed by atoms with Gasteiger partial charge in [-0.3, -0.25) is 0 Å². The van der Waals surface area contributed by atoms with Gasteiger partial charge in [0.15, 0.2) is 11.6 Å². The number of nitrogens with one attached hydrogen (secondary N) is 1. The number of rotatable bonds is 5. The zero-order valence-electron chi connectivity index (χ0n) is 11.8. The number of methoxy groups -OCH3 is 1. The predicted octanol–water partition coefficient (Wildman–Crippen LogP) is 2.99. The van der Waals surface area contributed by atoms with Gasteiger partial charge in [-0.05, 0) is 18.2 Å². The number of ether oxygens (including phenoxy) is 1. The summed E-state index contributed by atoms with van der Waals surface area (Å²) in [5, 5.41) is 21.3. The van der Waals surface area contributed by atoms with E-state index in [9.17, 15) is 13.9 Å². The Labute approximate surface area is 126 Å². The Morgan fingerprint density at radius 1 is 1.27 bits per heavy atom. The van der Waals surface area contributed by atoms with E-state index in [1.807, 2.05) is 0 Å². The van der Waals surface area contributed by atoms with E-state index in [1.165, 1.54) is 7.11 Å². The van der Waals surface area contributed by atoms with Gasteiger partial charge >= 0.3 is 0 Å². The van der Waals surface area contributed by atoms with E-state index in [-0.39, 0.29) is 17.8 Å². The van der Waals surface area contributed by atoms with Crippen LogP contribution in [0.2, 0.25) is 0 Å². The van der Waals surface area contributed by atoms with Crippen molar-refractivity contribution in [2.24, 2.45) is 0 Å². The minimum Gasteiger partial charge on any atom is -0.496 e. The summed E-state index contributed by atoms with van der Waals surface area (Å²) >= 11 is 0. The molecule has 6 heteroatoms. The Bertz CT molecular complexity index is 691. The average Bonchev–Trinajstić information content (AvgIpc) is 2.53. The second-order valence-electron chi connectivity index (χ2n) is 4.57. The highest BCUT2D eigenvalue weighted by Gasteiger charge is 2.16. The van der Waals surface area contributed by atoms with Crippen LogP contribution in [0.5, 0.6) is 5.75 Å². The van der Waals surface area contributed by atoms with Crippen molar-refractivity contribution in [1.29, 1.82) is 5.26 Å². The number of nitriles is 1. The van der Waals surface area contributed by atoms with Gasteiger partial charge in [0.05, 0.1) is 24.8 Å². The molecule has 0 amide bonds. The van der Waals surface area contributed by atoms with Crippen molar-refractivity contribution in [1.82, 2.24) is 0 Å². The minimum atomic E-state index is -1.01. The number of halogens is 2. The third-order valence-electron chi connectivity index (χ3n) is 3.14. The van der Waals surface area contributed by atoms with Crippen molar-refractivity contribution >= 4 is 5.69 Å². The van der Waals surface area contributed by atoms with Crippen LogP contribution in [0.25, 0.3) is 0 Å². The molecule has 114 valence electrons. The molecule has 0 fully saturated rings. The van der Waals surface area contributed by atoms with Gasteiger partial charge in [-0.25, -0.2) is 8.78 Å². The van der Waals surface area contributed by atoms with E-state index in [4.69, 9.17) is 10.00 Å². The molecule has 0 aliphatic heterocycles. The monoisotopic (exact) mass is 304 g/mol. The minimum absolute atomic E-state index is 0.106. The molecule has 1 atom stereocenters. The molecule has 0 bridgehead atoms. The van der Waals surface area contributed by atoms with Crippen molar-refractivity contribution in [3.63, 3.8) is 0 Å². The molecule has 0 aliphatic rings. The molecule has 0 aromatic heterocycles. The van der Waals surface area contributed by atoms with Crippen LogP contribution in [-0.2, 0) is 0 Å². The van der Waals surface area contributed by atoms with Crippen LogP contribution in [0, 0.1) is 23.0 Å². The van der Waals surface area contributed by atoms with Crippen LogP contribution in [-0.4, -0.2) is 18.8 Å². The van der Waals surface area contributed by atoms with Gasteiger partial charge in [-0.15, -0.1) is 0 Å². The maximum atomic E-state index is 13.7. The molecule has 0 aliphatic carbocycles. The fraction of sp³-hybridized carbons (Fsp3) is 0.188. The summed E-state index contributed by atoms with van der Waals surface area (Å²) < 4.78 is 32.6. The molecule has 0 radical (unpaired) electrons. The lowest BCUT2D eigenvalue weighted by Gasteiger charge is -2.16. The Morgan fingerprint density at radius 3 is 2.50 bits per heavy atom. The van der Waals surface area contributed by atoms with E-state index in [0.29, 0.717) is 11.3 Å². The Kier molecular flexibility index (Phi) is 4.92. The Morgan fingerprint density at radius 2 is 1.91 bits per heavy atom. The van der Waals surface area contributed by atoms with Gasteiger partial charge < -0.3 is 15.2 Å². The van der Waals surface area contributed by atoms with Gasteiger partial charge in [0.2, 0.25) is 0 Å². The molecule has 0 unspecified atom stereocenters. The number of aliphatic hydroxyl groups excluding tert-OH is 1. The second-order valence-corrected chi connectivity index (χ2v) is 4.57. The number of anilines is 1. The highest BCUT2D eigenvalue weighted by Crippen LogP contribution is 2.26. The maximum Gasteiger partial charge on any atom is 0.150 e. The van der Waals surface area contributed by atoms with Crippen molar-refractivity contribution in [3.05, 3.63) is 59.2 Å². The highest BCUT2D eigenvalue weighted by atomic mass is 19.1. The maximum absolute atomic E-state index is 13.7. The van der Waals surface area contributed by atoms with Crippen LogP contribution in [0.4, 0.5) is 14.5 Å². The third-order valence-corrected chi connectivity index (χ3v) is 3.14. The normalized spacial score (nSPS) is 11.6. The van der Waals surface area contributed by atoms with Gasteiger partial charge in [-0.2, -0.15) is 5.26 Å². The fourth-order valence-electron chi connectivity index (χ4n) is 2.06. The number of hydrogen-bond donors (Lipinski definition) is 2. The van der Waals surface area contributed by atoms with E-state index in [2.05, 4.69) is 5.32 Å². The quantitative estimate of drug-likeness (QED) is 0.891. The second kappa shape index (κ2) is 6.87. The molecular formula is C16H14F2N2O2. The lowest BCUT2D eigenvalue weighted by atomic mass is 10.1. The van der Waals surface area contributed by atoms with E-state index >= 15 is 0 Å². The summed E-state index contributed by atoms with van der Waals surface area (Å²) in [6.45, 7) is -0.111. The van der Waals surface area contributed by atoms with Crippen LogP contribution in [0.15, 0.2) is 36.4 Å². The number of nitrogens with zero attached hydrogens (tertiary/aromatic N) is 1. The van der Waals surface area contributed by atoms with Crippen molar-refractivity contribution in [2.75, 3.05) is 19.0 Å². The van der Waals surface area contributed by atoms with Gasteiger partial charge in [-0.1, -0.05) is 18.2 Å². The zero-order chi connectivity index (χ0) is 16.1. The first-order chi connectivity index (χ1) is 10.6. The number of benzene rings is 2. The number of hydrogen-bond acceptors (Lipinski definition) is 4. The van der Waals surface area contributed by atoms with Crippen LogP contribution in [0.1, 0.15) is 17.2 Å². The summed E-state index contributed by atoms with van der Waals surface area (Å²) in [6, 6.07) is 10.4. The van der Waals surface area contributed by atoms with E-state index < -0.39 is 17.7 Å². The van der Waals surface area contributed by atoms with Crippen molar-refractivity contribution in [2.45, 2.75) is 6.10 Å². The molecule has 0 saturated carbocycles. The summed E-state index contributed by atoms with van der Waals surface area (Å²) in [7, 11) is 1.47. The third kappa shape index (κ3) is 3.32. The molecule has 2 N–H and O–H groups in total. The molecule has 2 aromatic rings. The summed E-state index contributed by atoms with van der Waals surface area (Å²) in [4.78, 5) is 0. The van der Waals surface area contributed by atoms with Crippen LogP contribution in [0.3, 0.4) is 0 Å². The van der Waals surface area contributed by atoms with Crippen LogP contribution < -0.4 is 10.1 Å². The molecule has 2 rings (SSSR count). The van der Waals surface area contributed by atoms with Crippen molar-refractivity contribution in [3.8, 4) is 11.8 Å². The first-order valence-corrected chi connectivity index (χ1v) is 6.50. The Balaban J connectivity index is 2.15. The van der Waals surface area contributed by atoms with E-state index in [0.717, 1.165) is 12.1 Å². The average molecular weight is 304 g/mol. The van der Waals surface area contributed by atoms with Gasteiger partial charge in [0, 0.05) is 12.1 Å². The van der Waals surface area contributed by atoms with Crippen LogP contribution >= 0.6 is 0 Å². The largest absolute Gasteiger partial charge is 0.496 e. The lowest BCUT2D eigenvalue weighted by Crippen LogP contribution is -2.15. The zero-order valence-corrected chi connectivity index (χ0v) is 11.8. The smallest absolute Gasteiger partial charge is 0.150 e. The highest BCUT2D eigenvalue weighted by molar-refractivity contribution is 5.50. The SMILES string of the molecule is COc1ccccc1[C@H](O)CNc1c(F)cc(C#N)cc1F. The Hall–Kier alpha value is -2.65. The molecule has 0 spiro atoms. The molecule has 2 aromatic carbocycles. The number of aliphatic hydroxyl groups is 1. The lowest BCUT2D eigenvalue weighted by molar-refractivity contribution is 0.186. The fourth-order valence-corrected chi connectivity index (χ4v) is 2.06. The molecule has 0 saturated heterocycles. The summed E-state index contributed by atoms with van der Waals surface area (Å²) in [5.74, 6) is -1.29. The summed E-state index contributed by atoms with van der Waals surface area (Å²) in [5.41, 5.74) is 0.0192. The first kappa shape index (κ1) is 15.7.